The molecule has 0 spiro atoms. The second-order valence-electron chi connectivity index (χ2n) is 7.85. The van der Waals surface area contributed by atoms with Crippen LogP contribution in [0, 0.1) is 5.92 Å². The number of nitrogens with zero attached hydrogens (tertiary/aromatic N) is 2. The first-order chi connectivity index (χ1) is 14.7. The lowest BCUT2D eigenvalue weighted by Gasteiger charge is -2.35. The molecule has 4 nitrogen and oxygen atoms in total. The summed E-state index contributed by atoms with van der Waals surface area (Å²) < 4.78 is 5.52. The summed E-state index contributed by atoms with van der Waals surface area (Å²) in [6, 6.07) is 18.0. The normalized spacial score (nSPS) is 24.6. The van der Waals surface area contributed by atoms with E-state index in [1.165, 1.54) is 24.6 Å². The van der Waals surface area contributed by atoms with Crippen LogP contribution in [-0.2, 0) is 4.79 Å². The molecule has 0 aromatic heterocycles. The van der Waals surface area contributed by atoms with Gasteiger partial charge < -0.3 is 4.74 Å². The van der Waals surface area contributed by atoms with Gasteiger partial charge in [-0.2, -0.15) is 0 Å². The van der Waals surface area contributed by atoms with E-state index < -0.39 is 0 Å². The van der Waals surface area contributed by atoms with Crippen LogP contribution < -0.4 is 4.74 Å². The molecule has 1 aliphatic heterocycles. The summed E-state index contributed by atoms with van der Waals surface area (Å²) in [5, 5.41) is 0.794. The zero-order valence-corrected chi connectivity index (χ0v) is 18.4. The van der Waals surface area contributed by atoms with Gasteiger partial charge in [-0.3, -0.25) is 9.69 Å². The van der Waals surface area contributed by atoms with Crippen LogP contribution in [0.5, 0.6) is 5.75 Å². The maximum atomic E-state index is 13.5. The third kappa shape index (κ3) is 4.62. The molecule has 156 valence electrons. The lowest BCUT2D eigenvalue weighted by Crippen LogP contribution is -2.44. The molecule has 1 aliphatic carbocycles. The SMILES string of the molecule is CCOc1ccc(/C=C2\SC(=Nc3ccccc3)N([C@H]3CCCC[C@@H]3C)C2=O)cc1. The number of hydrogen-bond acceptors (Lipinski definition) is 4. The summed E-state index contributed by atoms with van der Waals surface area (Å²) >= 11 is 1.48. The van der Waals surface area contributed by atoms with Crippen LogP contribution >= 0.6 is 11.8 Å². The van der Waals surface area contributed by atoms with E-state index in [-0.39, 0.29) is 11.9 Å². The first-order valence-corrected chi connectivity index (χ1v) is 11.6. The zero-order valence-electron chi connectivity index (χ0n) is 17.6. The average molecular weight is 421 g/mol. The van der Waals surface area contributed by atoms with Crippen molar-refractivity contribution in [3.8, 4) is 5.75 Å². The lowest BCUT2D eigenvalue weighted by molar-refractivity contribution is -0.124. The van der Waals surface area contributed by atoms with E-state index in [2.05, 4.69) is 6.92 Å². The van der Waals surface area contributed by atoms with Crippen molar-refractivity contribution in [3.05, 3.63) is 65.1 Å². The van der Waals surface area contributed by atoms with Crippen molar-refractivity contribution >= 4 is 34.6 Å². The van der Waals surface area contributed by atoms with Crippen LogP contribution in [0.15, 0.2) is 64.5 Å². The number of rotatable bonds is 5. The topological polar surface area (TPSA) is 41.9 Å². The van der Waals surface area contributed by atoms with Gasteiger partial charge in [0.2, 0.25) is 0 Å². The van der Waals surface area contributed by atoms with Gasteiger partial charge in [0.25, 0.3) is 5.91 Å². The van der Waals surface area contributed by atoms with Gasteiger partial charge in [0.15, 0.2) is 5.17 Å². The lowest BCUT2D eigenvalue weighted by atomic mass is 9.85. The van der Waals surface area contributed by atoms with Crippen LogP contribution in [0.4, 0.5) is 5.69 Å². The highest BCUT2D eigenvalue weighted by atomic mass is 32.2. The molecule has 1 saturated carbocycles. The number of hydrogen-bond donors (Lipinski definition) is 0. The molecule has 0 N–H and O–H groups in total. The molecule has 1 saturated heterocycles. The molecule has 2 aromatic carbocycles. The van der Waals surface area contributed by atoms with Gasteiger partial charge in [0.05, 0.1) is 17.2 Å². The fourth-order valence-electron chi connectivity index (χ4n) is 4.13. The van der Waals surface area contributed by atoms with Crippen molar-refractivity contribution in [1.29, 1.82) is 0 Å². The Labute approximate surface area is 183 Å². The maximum Gasteiger partial charge on any atom is 0.267 e. The number of carbonyl (C=O) groups is 1. The van der Waals surface area contributed by atoms with Crippen LogP contribution in [0.3, 0.4) is 0 Å². The average Bonchev–Trinajstić information content (AvgIpc) is 3.05. The summed E-state index contributed by atoms with van der Waals surface area (Å²) in [4.78, 5) is 21.0. The molecule has 0 radical (unpaired) electrons. The number of aliphatic imine (C=N–C) groups is 1. The number of benzene rings is 2. The Morgan fingerprint density at radius 2 is 1.83 bits per heavy atom. The molecule has 0 bridgehead atoms. The summed E-state index contributed by atoms with van der Waals surface area (Å²) in [5.74, 6) is 1.39. The quantitative estimate of drug-likeness (QED) is 0.536. The van der Waals surface area contributed by atoms with Crippen LogP contribution in [0.1, 0.15) is 45.1 Å². The van der Waals surface area contributed by atoms with Crippen LogP contribution in [-0.4, -0.2) is 28.6 Å². The number of amides is 1. The first-order valence-electron chi connectivity index (χ1n) is 10.8. The molecule has 2 aromatic rings. The van der Waals surface area contributed by atoms with Crippen molar-refractivity contribution in [2.75, 3.05) is 6.61 Å². The largest absolute Gasteiger partial charge is 0.494 e. The Hall–Kier alpha value is -2.53. The summed E-state index contributed by atoms with van der Waals surface area (Å²) in [7, 11) is 0. The standard InChI is InChI=1S/C25H28N2O2S/c1-3-29-21-15-13-19(14-16-21)17-23-24(28)27(22-12-8-7-9-18(22)2)25(30-23)26-20-10-5-4-6-11-20/h4-6,10-11,13-18,22H,3,7-9,12H2,1-2H3/b23-17-,26-25?/t18-,22-/m0/s1. The number of thioether (sulfide) groups is 1. The Morgan fingerprint density at radius 1 is 1.10 bits per heavy atom. The molecule has 1 heterocycles. The Morgan fingerprint density at radius 3 is 2.53 bits per heavy atom. The molecule has 2 fully saturated rings. The summed E-state index contributed by atoms with van der Waals surface area (Å²) in [6.07, 6.45) is 6.58. The zero-order chi connectivity index (χ0) is 20.9. The number of ether oxygens (including phenoxy) is 1. The summed E-state index contributed by atoms with van der Waals surface area (Å²) in [6.45, 7) is 4.87. The van der Waals surface area contributed by atoms with Crippen molar-refractivity contribution in [2.24, 2.45) is 10.9 Å². The van der Waals surface area contributed by atoms with Gasteiger partial charge in [0.1, 0.15) is 5.75 Å². The highest BCUT2D eigenvalue weighted by Crippen LogP contribution is 2.40. The van der Waals surface area contributed by atoms with Gasteiger partial charge in [-0.25, -0.2) is 4.99 Å². The second kappa shape index (κ2) is 9.52. The molecule has 2 atom stereocenters. The molecule has 2 aliphatic rings. The monoisotopic (exact) mass is 420 g/mol. The van der Waals surface area contributed by atoms with Crippen molar-refractivity contribution in [1.82, 2.24) is 4.90 Å². The van der Waals surface area contributed by atoms with E-state index in [0.29, 0.717) is 12.5 Å². The van der Waals surface area contributed by atoms with E-state index in [0.717, 1.165) is 39.9 Å². The highest BCUT2D eigenvalue weighted by Gasteiger charge is 2.41. The fourth-order valence-corrected chi connectivity index (χ4v) is 5.17. The van der Waals surface area contributed by atoms with Gasteiger partial charge in [-0.05, 0) is 73.4 Å². The van der Waals surface area contributed by atoms with Crippen LogP contribution in [0.25, 0.3) is 6.08 Å². The predicted octanol–water partition coefficient (Wildman–Crippen LogP) is 6.27. The third-order valence-electron chi connectivity index (χ3n) is 5.70. The number of amidine groups is 1. The molecule has 4 rings (SSSR count). The van der Waals surface area contributed by atoms with Gasteiger partial charge in [-0.1, -0.05) is 50.1 Å². The van der Waals surface area contributed by atoms with Crippen molar-refractivity contribution < 1.29 is 9.53 Å². The minimum atomic E-state index is 0.0716. The van der Waals surface area contributed by atoms with E-state index >= 15 is 0 Å². The highest BCUT2D eigenvalue weighted by molar-refractivity contribution is 8.18. The van der Waals surface area contributed by atoms with E-state index in [1.54, 1.807) is 0 Å². The number of para-hydroxylation sites is 1. The molecule has 0 unspecified atom stereocenters. The third-order valence-corrected chi connectivity index (χ3v) is 6.69. The molecule has 1 amide bonds. The molecule has 30 heavy (non-hydrogen) atoms. The van der Waals surface area contributed by atoms with E-state index in [4.69, 9.17) is 9.73 Å². The van der Waals surface area contributed by atoms with Gasteiger partial charge >= 0.3 is 0 Å². The minimum Gasteiger partial charge on any atom is -0.494 e. The predicted molar refractivity (Wildman–Crippen MR) is 125 cm³/mol. The number of carbonyl (C=O) groups excluding carboxylic acids is 1. The Kier molecular flexibility index (Phi) is 6.58. The Bertz CT molecular complexity index is 937. The van der Waals surface area contributed by atoms with Gasteiger partial charge in [-0.15, -0.1) is 0 Å². The van der Waals surface area contributed by atoms with Crippen LogP contribution in [0.2, 0.25) is 0 Å². The minimum absolute atomic E-state index is 0.0716. The fraction of sp³-hybridized carbons (Fsp3) is 0.360. The van der Waals surface area contributed by atoms with Crippen molar-refractivity contribution in [3.63, 3.8) is 0 Å². The molecular weight excluding hydrogens is 392 g/mol. The van der Waals surface area contributed by atoms with E-state index in [1.807, 2.05) is 72.5 Å². The Balaban J connectivity index is 1.66. The van der Waals surface area contributed by atoms with Gasteiger partial charge in [0, 0.05) is 6.04 Å². The maximum absolute atomic E-state index is 13.5. The van der Waals surface area contributed by atoms with Crippen molar-refractivity contribution in [2.45, 2.75) is 45.6 Å². The smallest absolute Gasteiger partial charge is 0.267 e. The summed E-state index contributed by atoms with van der Waals surface area (Å²) in [5.41, 5.74) is 1.87. The second-order valence-corrected chi connectivity index (χ2v) is 8.86. The molecule has 5 heteroatoms. The van der Waals surface area contributed by atoms with E-state index in [9.17, 15) is 4.79 Å². The molecular formula is C25H28N2O2S. The first kappa shape index (κ1) is 20.7.